The highest BCUT2D eigenvalue weighted by atomic mass is 35.5. The molecule has 6 rings (SSSR count). The molecule has 44 heavy (non-hydrogen) atoms. The van der Waals surface area contributed by atoms with Crippen LogP contribution in [0.1, 0.15) is 35.4 Å². The molecule has 0 radical (unpaired) electrons. The Bertz CT molecular complexity index is 1770. The van der Waals surface area contributed by atoms with E-state index in [9.17, 15) is 5.26 Å². The predicted molar refractivity (Wildman–Crippen MR) is 177 cm³/mol. The quantitative estimate of drug-likeness (QED) is 0.218. The van der Waals surface area contributed by atoms with Crippen LogP contribution < -0.4 is 14.8 Å². The molecule has 2 aromatic carbocycles. The fraction of sp³-hybridized carbons (Fsp3) is 0.324. The second-order valence-electron chi connectivity index (χ2n) is 11.7. The Hall–Kier alpha value is -3.87. The average molecular weight is 630 g/mol. The highest BCUT2D eigenvalue weighted by Crippen LogP contribution is 2.41. The number of nitrogens with zero attached hydrogens (tertiary/aromatic N) is 5. The van der Waals surface area contributed by atoms with Crippen molar-refractivity contribution in [1.82, 2.24) is 19.8 Å². The number of fused-ring (bicyclic) bond motifs is 1. The van der Waals surface area contributed by atoms with Crippen molar-refractivity contribution >= 4 is 57.6 Å². The number of aromatic nitrogens is 2. The third-order valence-electron chi connectivity index (χ3n) is 8.62. The highest BCUT2D eigenvalue weighted by molar-refractivity contribution is 6.37. The van der Waals surface area contributed by atoms with Crippen LogP contribution in [0.3, 0.4) is 0 Å². The van der Waals surface area contributed by atoms with Crippen LogP contribution in [0.15, 0.2) is 48.7 Å². The maximum atomic E-state index is 9.87. The zero-order valence-electron chi connectivity index (χ0n) is 25.0. The van der Waals surface area contributed by atoms with E-state index in [1.54, 1.807) is 25.4 Å². The number of halogens is 2. The summed E-state index contributed by atoms with van der Waals surface area (Å²) < 4.78 is 11.1. The average Bonchev–Trinajstić information content (AvgIpc) is 3.01. The molecule has 2 aliphatic rings. The first-order valence-electron chi connectivity index (χ1n) is 14.6. The number of likely N-dealkylation sites (tertiary alicyclic amines) is 2. The van der Waals surface area contributed by atoms with E-state index in [0.29, 0.717) is 54.8 Å². The number of pyridine rings is 2. The predicted octanol–water partition coefficient (Wildman–Crippen LogP) is 7.27. The Morgan fingerprint density at radius 1 is 1.02 bits per heavy atom. The SMILES string of the molecule is COc1cc(Nc2c(C#N)cnc3cc(/C=C/c4cccc(CN5CCC6(CC5)CN(C)C6)n4)c(OC)cc23)c(Cl)cc1Cl. The van der Waals surface area contributed by atoms with Gasteiger partial charge in [0, 0.05) is 42.8 Å². The number of hydrogen-bond acceptors (Lipinski definition) is 8. The van der Waals surface area contributed by atoms with Crippen LogP contribution in [0, 0.1) is 16.7 Å². The van der Waals surface area contributed by atoms with E-state index in [1.807, 2.05) is 30.4 Å². The van der Waals surface area contributed by atoms with Crippen molar-refractivity contribution in [3.63, 3.8) is 0 Å². The van der Waals surface area contributed by atoms with Gasteiger partial charge in [-0.1, -0.05) is 29.3 Å². The Labute approximate surface area is 267 Å². The van der Waals surface area contributed by atoms with E-state index >= 15 is 0 Å². The second kappa shape index (κ2) is 12.6. The first-order chi connectivity index (χ1) is 21.3. The molecule has 0 unspecified atom stereocenters. The third-order valence-corrected chi connectivity index (χ3v) is 9.22. The Kier molecular flexibility index (Phi) is 8.66. The Morgan fingerprint density at radius 2 is 1.80 bits per heavy atom. The summed E-state index contributed by atoms with van der Waals surface area (Å²) in [6, 6.07) is 15.5. The Morgan fingerprint density at radius 3 is 2.50 bits per heavy atom. The molecule has 2 aromatic heterocycles. The number of rotatable bonds is 8. The molecule has 2 fully saturated rings. The van der Waals surface area contributed by atoms with Crippen molar-refractivity contribution < 1.29 is 9.47 Å². The highest BCUT2D eigenvalue weighted by Gasteiger charge is 2.42. The fourth-order valence-corrected chi connectivity index (χ4v) is 6.87. The van der Waals surface area contributed by atoms with Crippen molar-refractivity contribution in [1.29, 1.82) is 5.26 Å². The number of anilines is 2. The van der Waals surface area contributed by atoms with Crippen LogP contribution in [0.4, 0.5) is 11.4 Å². The van der Waals surface area contributed by atoms with Gasteiger partial charge in [-0.3, -0.25) is 14.9 Å². The summed E-state index contributed by atoms with van der Waals surface area (Å²) >= 11 is 12.7. The molecular formula is C34H34Cl2N6O2. The topological polar surface area (TPSA) is 86.5 Å². The van der Waals surface area contributed by atoms with Gasteiger partial charge in [-0.25, -0.2) is 0 Å². The van der Waals surface area contributed by atoms with Crippen molar-refractivity contribution in [2.45, 2.75) is 19.4 Å². The fourth-order valence-electron chi connectivity index (χ4n) is 6.36. The summed E-state index contributed by atoms with van der Waals surface area (Å²) in [7, 11) is 5.36. The lowest BCUT2D eigenvalue weighted by Gasteiger charge is -2.53. The lowest BCUT2D eigenvalue weighted by Crippen LogP contribution is -2.58. The van der Waals surface area contributed by atoms with E-state index < -0.39 is 0 Å². The summed E-state index contributed by atoms with van der Waals surface area (Å²) in [4.78, 5) is 14.4. The molecular weight excluding hydrogens is 595 g/mol. The van der Waals surface area contributed by atoms with Gasteiger partial charge in [-0.15, -0.1) is 0 Å². The zero-order chi connectivity index (χ0) is 30.8. The first kappa shape index (κ1) is 30.2. The lowest BCUT2D eigenvalue weighted by molar-refractivity contribution is -0.0331. The number of nitriles is 1. The first-order valence-corrected chi connectivity index (χ1v) is 15.3. The van der Waals surface area contributed by atoms with Crippen LogP contribution in [0.2, 0.25) is 10.0 Å². The normalized spacial score (nSPS) is 16.6. The maximum Gasteiger partial charge on any atom is 0.139 e. The molecule has 8 nitrogen and oxygen atoms in total. The van der Waals surface area contributed by atoms with Crippen molar-refractivity contribution in [2.24, 2.45) is 5.41 Å². The van der Waals surface area contributed by atoms with Gasteiger partial charge in [0.2, 0.25) is 0 Å². The molecule has 2 aliphatic heterocycles. The van der Waals surface area contributed by atoms with Gasteiger partial charge in [-0.2, -0.15) is 5.26 Å². The molecule has 4 heterocycles. The summed E-state index contributed by atoms with van der Waals surface area (Å²) in [6.45, 7) is 5.57. The monoisotopic (exact) mass is 628 g/mol. The number of hydrogen-bond donors (Lipinski definition) is 1. The number of piperidine rings is 1. The molecule has 1 N–H and O–H groups in total. The van der Waals surface area contributed by atoms with Crippen LogP contribution >= 0.6 is 23.2 Å². The van der Waals surface area contributed by atoms with Gasteiger partial charge < -0.3 is 19.7 Å². The van der Waals surface area contributed by atoms with Gasteiger partial charge in [-0.05, 0) is 80.9 Å². The molecule has 1 spiro atoms. The van der Waals surface area contributed by atoms with Crippen molar-refractivity contribution in [3.8, 4) is 17.6 Å². The zero-order valence-corrected chi connectivity index (χ0v) is 26.5. The van der Waals surface area contributed by atoms with E-state index in [2.05, 4.69) is 45.4 Å². The van der Waals surface area contributed by atoms with Crippen molar-refractivity contribution in [3.05, 3.63) is 81.2 Å². The summed E-state index contributed by atoms with van der Waals surface area (Å²) in [5.41, 5.74) is 5.47. The minimum Gasteiger partial charge on any atom is -0.496 e. The van der Waals surface area contributed by atoms with E-state index in [-0.39, 0.29) is 0 Å². The van der Waals surface area contributed by atoms with Crippen LogP contribution in [0.25, 0.3) is 23.1 Å². The molecule has 226 valence electrons. The maximum absolute atomic E-state index is 9.87. The van der Waals surface area contributed by atoms with Gasteiger partial charge in [0.25, 0.3) is 0 Å². The van der Waals surface area contributed by atoms with E-state index in [4.69, 9.17) is 37.7 Å². The van der Waals surface area contributed by atoms with Gasteiger partial charge in [0.15, 0.2) is 0 Å². The number of benzene rings is 2. The summed E-state index contributed by atoms with van der Waals surface area (Å²) in [5.74, 6) is 1.10. The molecule has 0 saturated carbocycles. The molecule has 0 atom stereocenters. The van der Waals surface area contributed by atoms with E-state index in [0.717, 1.165) is 36.6 Å². The van der Waals surface area contributed by atoms with Crippen LogP contribution in [-0.4, -0.2) is 67.2 Å². The van der Waals surface area contributed by atoms with Gasteiger partial charge in [0.05, 0.1) is 58.1 Å². The van der Waals surface area contributed by atoms with E-state index in [1.165, 1.54) is 33.0 Å². The number of nitrogens with one attached hydrogen (secondary N) is 1. The van der Waals surface area contributed by atoms with Gasteiger partial charge >= 0.3 is 0 Å². The van der Waals surface area contributed by atoms with Crippen molar-refractivity contribution in [2.75, 3.05) is 52.8 Å². The molecule has 0 amide bonds. The summed E-state index contributed by atoms with van der Waals surface area (Å²) in [5, 5.41) is 14.7. The third kappa shape index (κ3) is 6.19. The molecule has 2 saturated heterocycles. The summed E-state index contributed by atoms with van der Waals surface area (Å²) in [6.07, 6.45) is 8.05. The standard InChI is InChI=1S/C34H34Cl2N6O2/c1-41-20-34(21-41)9-11-42(12-10-34)19-25-6-4-5-24(39-25)8-7-22-13-29-26(14-31(22)43-2)33(23(17-37)18-38-29)40-30-16-32(44-3)28(36)15-27(30)35/h4-8,13-16,18H,9-12,19-21H2,1-3H3,(H,38,40)/b8-7+. The lowest BCUT2D eigenvalue weighted by atomic mass is 9.72. The number of methoxy groups -OCH3 is 2. The molecule has 0 bridgehead atoms. The van der Waals surface area contributed by atoms with Crippen LogP contribution in [-0.2, 0) is 6.54 Å². The second-order valence-corrected chi connectivity index (χ2v) is 12.5. The molecule has 10 heteroatoms. The molecule has 4 aromatic rings. The van der Waals surface area contributed by atoms with Crippen LogP contribution in [0.5, 0.6) is 11.5 Å². The van der Waals surface area contributed by atoms with Gasteiger partial charge in [0.1, 0.15) is 17.6 Å². The smallest absolute Gasteiger partial charge is 0.139 e. The minimum atomic E-state index is 0.359. The Balaban J connectivity index is 1.24. The number of ether oxygens (including phenoxy) is 2. The molecule has 0 aliphatic carbocycles. The minimum absolute atomic E-state index is 0.359. The largest absolute Gasteiger partial charge is 0.496 e.